The zero-order valence-corrected chi connectivity index (χ0v) is 13.6. The van der Waals surface area contributed by atoms with Crippen molar-refractivity contribution < 1.29 is 26.8 Å². The Labute approximate surface area is 149 Å². The SMILES string of the molecule is O=C(Nc1cccc([N+](=O)[O-])c1)N[c-]1cccc1.[Fe+6].c1cc[cH-]c1. The average molecular weight is 365 g/mol. The van der Waals surface area contributed by atoms with Crippen LogP contribution < -0.4 is 10.6 Å². The van der Waals surface area contributed by atoms with Crippen LogP contribution in [0.25, 0.3) is 0 Å². The first-order valence-corrected chi connectivity index (χ1v) is 6.86. The topological polar surface area (TPSA) is 84.3 Å². The second-order valence-corrected chi connectivity index (χ2v) is 4.52. The standard InChI is InChI=1S/C12H10N3O3.C5H5.Fe/c16-12(13-9-4-1-2-5-9)14-10-6-3-7-11(8-10)15(17)18;1-2-4-5-3-1;/h1-8H,(H2,13,14,16);1-5H;/q2*-1;+6. The van der Waals surface area contributed by atoms with Crippen molar-refractivity contribution in [1.82, 2.24) is 0 Å². The second kappa shape index (κ2) is 9.99. The monoisotopic (exact) mass is 365 g/mol. The molecular formula is C17H15FeN3O3+4. The number of nitro benzene ring substituents is 1. The van der Waals surface area contributed by atoms with Gasteiger partial charge in [-0.2, -0.15) is 30.3 Å². The van der Waals surface area contributed by atoms with E-state index in [1.807, 2.05) is 30.3 Å². The molecule has 0 aliphatic carbocycles. The van der Waals surface area contributed by atoms with Crippen molar-refractivity contribution in [2.45, 2.75) is 0 Å². The van der Waals surface area contributed by atoms with Gasteiger partial charge in [-0.15, -0.1) is 12.1 Å². The number of benzene rings is 1. The van der Waals surface area contributed by atoms with Crippen molar-refractivity contribution in [1.29, 1.82) is 0 Å². The molecular weight excluding hydrogens is 350 g/mol. The van der Waals surface area contributed by atoms with Crippen molar-refractivity contribution in [2.75, 3.05) is 10.6 Å². The molecule has 7 heteroatoms. The van der Waals surface area contributed by atoms with Crippen LogP contribution in [0.4, 0.5) is 21.9 Å². The van der Waals surface area contributed by atoms with Gasteiger partial charge >= 0.3 is 17.1 Å². The molecule has 2 amide bonds. The number of non-ortho nitro benzene ring substituents is 1. The van der Waals surface area contributed by atoms with Crippen LogP contribution in [0, 0.1) is 10.1 Å². The Morgan fingerprint density at radius 2 is 1.75 bits per heavy atom. The van der Waals surface area contributed by atoms with E-state index in [2.05, 4.69) is 10.6 Å². The Morgan fingerprint density at radius 3 is 2.29 bits per heavy atom. The first-order chi connectivity index (χ1) is 11.1. The number of anilines is 2. The Hall–Kier alpha value is -2.89. The third-order valence-corrected chi connectivity index (χ3v) is 2.79. The Morgan fingerprint density at radius 1 is 1.08 bits per heavy atom. The summed E-state index contributed by atoms with van der Waals surface area (Å²) in [5.41, 5.74) is 0.965. The van der Waals surface area contributed by atoms with Crippen molar-refractivity contribution >= 4 is 23.1 Å². The number of nitro groups is 1. The van der Waals surface area contributed by atoms with Crippen molar-refractivity contribution in [3.8, 4) is 0 Å². The van der Waals surface area contributed by atoms with E-state index in [1.165, 1.54) is 18.2 Å². The van der Waals surface area contributed by atoms with Gasteiger partial charge in [0.25, 0.3) is 5.69 Å². The summed E-state index contributed by atoms with van der Waals surface area (Å²) >= 11 is 0. The van der Waals surface area contributed by atoms with Crippen molar-refractivity contribution in [3.05, 3.63) is 89.0 Å². The minimum Gasteiger partial charge on any atom is -0.387 e. The number of hydrogen-bond acceptors (Lipinski definition) is 3. The molecule has 0 aromatic heterocycles. The first-order valence-electron chi connectivity index (χ1n) is 6.86. The van der Waals surface area contributed by atoms with E-state index < -0.39 is 11.0 Å². The van der Waals surface area contributed by atoms with Crippen molar-refractivity contribution in [3.63, 3.8) is 0 Å². The largest absolute Gasteiger partial charge is 6.00 e. The Balaban J connectivity index is 0.000000412. The first kappa shape index (κ1) is 19.2. The van der Waals surface area contributed by atoms with Crippen LogP contribution in [0.5, 0.6) is 0 Å². The molecule has 6 nitrogen and oxygen atoms in total. The molecule has 0 heterocycles. The van der Waals surface area contributed by atoms with Gasteiger partial charge in [0.05, 0.1) is 4.92 Å². The summed E-state index contributed by atoms with van der Waals surface area (Å²) in [6.45, 7) is 0. The van der Waals surface area contributed by atoms with Gasteiger partial charge in [0, 0.05) is 17.8 Å². The summed E-state index contributed by atoms with van der Waals surface area (Å²) in [6.07, 6.45) is 0. The zero-order chi connectivity index (χ0) is 16.5. The van der Waals surface area contributed by atoms with E-state index in [4.69, 9.17) is 0 Å². The van der Waals surface area contributed by atoms with Crippen LogP contribution in [0.2, 0.25) is 0 Å². The van der Waals surface area contributed by atoms with Crippen LogP contribution in [0.1, 0.15) is 0 Å². The summed E-state index contributed by atoms with van der Waals surface area (Å²) in [4.78, 5) is 21.6. The quantitative estimate of drug-likeness (QED) is 0.313. The molecule has 0 atom stereocenters. The third kappa shape index (κ3) is 6.48. The van der Waals surface area contributed by atoms with Crippen molar-refractivity contribution in [2.24, 2.45) is 0 Å². The number of amides is 2. The van der Waals surface area contributed by atoms with Gasteiger partial charge in [-0.05, 0) is 11.8 Å². The van der Waals surface area contributed by atoms with Crippen LogP contribution in [-0.4, -0.2) is 11.0 Å². The number of hydrogen-bond donors (Lipinski definition) is 2. The van der Waals surface area contributed by atoms with Crippen LogP contribution in [0.3, 0.4) is 0 Å². The zero-order valence-electron chi connectivity index (χ0n) is 12.5. The molecule has 2 N–H and O–H groups in total. The maximum Gasteiger partial charge on any atom is 6.00 e. The number of urea groups is 1. The molecule has 3 rings (SSSR count). The van der Waals surface area contributed by atoms with Gasteiger partial charge in [-0.25, -0.2) is 12.1 Å². The molecule has 0 radical (unpaired) electrons. The number of carbonyl (C=O) groups is 1. The van der Waals surface area contributed by atoms with Crippen LogP contribution >= 0.6 is 0 Å². The van der Waals surface area contributed by atoms with Crippen LogP contribution in [-0.2, 0) is 17.1 Å². The van der Waals surface area contributed by atoms with Gasteiger partial charge in [0.2, 0.25) is 6.03 Å². The predicted octanol–water partition coefficient (Wildman–Crippen LogP) is 4.36. The van der Waals surface area contributed by atoms with Gasteiger partial charge in [-0.1, -0.05) is 6.07 Å². The number of rotatable bonds is 3. The molecule has 0 saturated heterocycles. The smallest absolute Gasteiger partial charge is 0.387 e. The van der Waals surface area contributed by atoms with E-state index in [1.54, 1.807) is 30.3 Å². The fourth-order valence-corrected chi connectivity index (χ4v) is 1.77. The van der Waals surface area contributed by atoms with Gasteiger partial charge in [0.15, 0.2) is 0 Å². The van der Waals surface area contributed by atoms with E-state index >= 15 is 0 Å². The summed E-state index contributed by atoms with van der Waals surface area (Å²) in [5, 5.41) is 15.7. The summed E-state index contributed by atoms with van der Waals surface area (Å²) in [5.74, 6) is 0. The molecule has 3 aromatic rings. The van der Waals surface area contributed by atoms with E-state index in [0.29, 0.717) is 11.4 Å². The molecule has 0 aliphatic heterocycles. The normalized spacial score (nSPS) is 9.00. The fourth-order valence-electron chi connectivity index (χ4n) is 1.77. The van der Waals surface area contributed by atoms with E-state index in [9.17, 15) is 14.9 Å². The molecule has 0 unspecified atom stereocenters. The molecule has 0 fully saturated rings. The average Bonchev–Trinajstić information content (AvgIpc) is 3.23. The van der Waals surface area contributed by atoms with Gasteiger partial charge in [-0.3, -0.25) is 10.1 Å². The maximum atomic E-state index is 11.6. The van der Waals surface area contributed by atoms with E-state index in [-0.39, 0.29) is 22.8 Å². The third-order valence-electron chi connectivity index (χ3n) is 2.79. The number of nitrogens with zero attached hydrogens (tertiary/aromatic N) is 1. The Kier molecular flexibility index (Phi) is 7.98. The number of carbonyl (C=O) groups excluding carboxylic acids is 1. The van der Waals surface area contributed by atoms with Gasteiger partial charge in [0.1, 0.15) is 0 Å². The molecule has 0 aliphatic rings. The number of nitrogens with one attached hydrogen (secondary N) is 2. The molecule has 24 heavy (non-hydrogen) atoms. The molecule has 0 spiro atoms. The molecule has 0 bridgehead atoms. The molecule has 3 aromatic carbocycles. The second-order valence-electron chi connectivity index (χ2n) is 4.52. The minimum atomic E-state index is -0.514. The molecule has 0 saturated carbocycles. The summed E-state index contributed by atoms with van der Waals surface area (Å²) < 4.78 is 0. The summed E-state index contributed by atoms with van der Waals surface area (Å²) in [6, 6.07) is 22.4. The fraction of sp³-hybridized carbons (Fsp3) is 0. The molecule has 120 valence electrons. The van der Waals surface area contributed by atoms with E-state index in [0.717, 1.165) is 0 Å². The summed E-state index contributed by atoms with van der Waals surface area (Å²) in [7, 11) is 0. The van der Waals surface area contributed by atoms with Crippen LogP contribution in [0.15, 0.2) is 78.9 Å². The predicted molar refractivity (Wildman–Crippen MR) is 89.8 cm³/mol. The maximum absolute atomic E-state index is 11.6. The Bertz CT molecular complexity index is 723. The van der Waals surface area contributed by atoms with Gasteiger partial charge < -0.3 is 15.4 Å². The minimum absolute atomic E-state index is 0.